The molecule has 0 spiro atoms. The average molecular weight is 367 g/mol. The maximum atomic E-state index is 12.5. The third-order valence-corrected chi connectivity index (χ3v) is 4.91. The fraction of sp³-hybridized carbons (Fsp3) is 0.200. The second kappa shape index (κ2) is 7.32. The first kappa shape index (κ1) is 16.8. The number of benzene rings is 2. The van der Waals surface area contributed by atoms with E-state index >= 15 is 0 Å². The standard InChI is InChI=1S/C20H19ClN4O/c21-19-4-2-1-3-17(19)12-25-13-18(11-23-25)24-20(26)15-5-6-16-10-22-8-7-14(16)9-15/h1-6,9,11,13,22H,7-8,10,12H2,(H,24,26). The van der Waals surface area contributed by atoms with Gasteiger partial charge in [-0.2, -0.15) is 5.10 Å². The van der Waals surface area contributed by atoms with Crippen LogP contribution >= 0.6 is 11.6 Å². The first-order valence-corrected chi connectivity index (χ1v) is 8.96. The molecular weight excluding hydrogens is 348 g/mol. The molecule has 2 aromatic carbocycles. The highest BCUT2D eigenvalue weighted by Crippen LogP contribution is 2.19. The molecule has 0 aliphatic carbocycles. The summed E-state index contributed by atoms with van der Waals surface area (Å²) in [6, 6.07) is 13.5. The Labute approximate surface area is 157 Å². The molecule has 3 aromatic rings. The molecule has 0 fully saturated rings. The zero-order valence-corrected chi connectivity index (χ0v) is 15.0. The number of hydrogen-bond acceptors (Lipinski definition) is 3. The van der Waals surface area contributed by atoms with Gasteiger partial charge in [-0.15, -0.1) is 0 Å². The minimum atomic E-state index is -0.122. The zero-order valence-electron chi connectivity index (χ0n) is 14.2. The first-order chi connectivity index (χ1) is 12.7. The number of carbonyl (C=O) groups excluding carboxylic acids is 1. The predicted octanol–water partition coefficient (Wildman–Crippen LogP) is 3.48. The van der Waals surface area contributed by atoms with Crippen molar-refractivity contribution in [3.8, 4) is 0 Å². The Morgan fingerprint density at radius 3 is 3.00 bits per heavy atom. The van der Waals surface area contributed by atoms with Crippen LogP contribution in [0.2, 0.25) is 5.02 Å². The molecule has 1 aliphatic rings. The van der Waals surface area contributed by atoms with Crippen LogP contribution in [-0.2, 0) is 19.5 Å². The van der Waals surface area contributed by atoms with Crippen molar-refractivity contribution in [2.45, 2.75) is 19.5 Å². The molecule has 5 nitrogen and oxygen atoms in total. The number of halogens is 1. The third kappa shape index (κ3) is 3.64. The number of nitrogens with one attached hydrogen (secondary N) is 2. The summed E-state index contributed by atoms with van der Waals surface area (Å²) in [7, 11) is 0. The molecule has 0 atom stereocenters. The number of amides is 1. The van der Waals surface area contributed by atoms with E-state index in [0.717, 1.165) is 25.1 Å². The van der Waals surface area contributed by atoms with Gasteiger partial charge in [-0.05, 0) is 47.9 Å². The van der Waals surface area contributed by atoms with Crippen molar-refractivity contribution in [2.24, 2.45) is 0 Å². The summed E-state index contributed by atoms with van der Waals surface area (Å²) < 4.78 is 1.76. The lowest BCUT2D eigenvalue weighted by atomic mass is 9.98. The van der Waals surface area contributed by atoms with Crippen LogP contribution in [-0.4, -0.2) is 22.2 Å². The number of nitrogens with zero attached hydrogens (tertiary/aromatic N) is 2. The van der Waals surface area contributed by atoms with Crippen molar-refractivity contribution in [3.63, 3.8) is 0 Å². The van der Waals surface area contributed by atoms with Crippen molar-refractivity contribution in [2.75, 3.05) is 11.9 Å². The van der Waals surface area contributed by atoms with E-state index in [2.05, 4.69) is 15.7 Å². The van der Waals surface area contributed by atoms with Crippen LogP contribution < -0.4 is 10.6 Å². The van der Waals surface area contributed by atoms with Gasteiger partial charge in [-0.1, -0.05) is 35.9 Å². The zero-order chi connectivity index (χ0) is 17.9. The number of anilines is 1. The van der Waals surface area contributed by atoms with Gasteiger partial charge in [0.05, 0.1) is 18.4 Å². The fourth-order valence-corrected chi connectivity index (χ4v) is 3.33. The summed E-state index contributed by atoms with van der Waals surface area (Å²) in [5, 5.41) is 11.3. The Balaban J connectivity index is 1.45. The van der Waals surface area contributed by atoms with Crippen LogP contribution in [0, 0.1) is 0 Å². The molecule has 132 valence electrons. The molecule has 1 aliphatic heterocycles. The van der Waals surface area contributed by atoms with Crippen molar-refractivity contribution in [1.82, 2.24) is 15.1 Å². The Hall–Kier alpha value is -2.63. The largest absolute Gasteiger partial charge is 0.319 e. The van der Waals surface area contributed by atoms with E-state index in [-0.39, 0.29) is 5.91 Å². The molecule has 4 rings (SSSR count). The number of carbonyl (C=O) groups is 1. The highest BCUT2D eigenvalue weighted by molar-refractivity contribution is 6.31. The molecule has 2 heterocycles. The van der Waals surface area contributed by atoms with Gasteiger partial charge in [-0.3, -0.25) is 9.48 Å². The summed E-state index contributed by atoms with van der Waals surface area (Å²) in [5.41, 5.74) is 4.83. The van der Waals surface area contributed by atoms with Crippen LogP contribution in [0.4, 0.5) is 5.69 Å². The number of aromatic nitrogens is 2. The Bertz CT molecular complexity index is 950. The lowest BCUT2D eigenvalue weighted by Gasteiger charge is -2.17. The Morgan fingerprint density at radius 1 is 1.23 bits per heavy atom. The molecule has 0 saturated heterocycles. The summed E-state index contributed by atoms with van der Waals surface area (Å²) in [4.78, 5) is 12.5. The van der Waals surface area contributed by atoms with Gasteiger partial charge in [0.25, 0.3) is 5.91 Å². The molecule has 1 aromatic heterocycles. The van der Waals surface area contributed by atoms with Gasteiger partial charge in [0.1, 0.15) is 0 Å². The average Bonchev–Trinajstić information content (AvgIpc) is 3.10. The lowest BCUT2D eigenvalue weighted by Crippen LogP contribution is -2.24. The molecule has 0 radical (unpaired) electrons. The van der Waals surface area contributed by atoms with Crippen LogP contribution in [0.25, 0.3) is 0 Å². The smallest absolute Gasteiger partial charge is 0.255 e. The highest BCUT2D eigenvalue weighted by atomic mass is 35.5. The van der Waals surface area contributed by atoms with Gasteiger partial charge >= 0.3 is 0 Å². The minimum Gasteiger partial charge on any atom is -0.319 e. The molecule has 1 amide bonds. The van der Waals surface area contributed by atoms with E-state index in [4.69, 9.17) is 11.6 Å². The summed E-state index contributed by atoms with van der Waals surface area (Å²) in [5.74, 6) is -0.122. The Kier molecular flexibility index (Phi) is 4.73. The van der Waals surface area contributed by atoms with Crippen LogP contribution in [0.15, 0.2) is 54.9 Å². The molecule has 26 heavy (non-hydrogen) atoms. The van der Waals surface area contributed by atoms with E-state index in [1.165, 1.54) is 11.1 Å². The van der Waals surface area contributed by atoms with Gasteiger partial charge in [0.15, 0.2) is 0 Å². The van der Waals surface area contributed by atoms with Crippen molar-refractivity contribution >= 4 is 23.2 Å². The second-order valence-electron chi connectivity index (χ2n) is 6.38. The lowest BCUT2D eigenvalue weighted by molar-refractivity contribution is 0.102. The summed E-state index contributed by atoms with van der Waals surface area (Å²) in [6.07, 6.45) is 4.41. The van der Waals surface area contributed by atoms with Gasteiger partial charge < -0.3 is 10.6 Å². The molecule has 6 heteroatoms. The van der Waals surface area contributed by atoms with E-state index in [1.54, 1.807) is 10.9 Å². The SMILES string of the molecule is O=C(Nc1cnn(Cc2ccccc2Cl)c1)c1ccc2c(c1)CCNC2. The molecule has 0 bridgehead atoms. The second-order valence-corrected chi connectivity index (χ2v) is 6.79. The van der Waals surface area contributed by atoms with E-state index in [1.807, 2.05) is 48.7 Å². The number of rotatable bonds is 4. The predicted molar refractivity (Wildman–Crippen MR) is 103 cm³/mol. The fourth-order valence-electron chi connectivity index (χ4n) is 3.14. The van der Waals surface area contributed by atoms with Gasteiger partial charge in [0.2, 0.25) is 0 Å². The monoisotopic (exact) mass is 366 g/mol. The van der Waals surface area contributed by atoms with E-state index < -0.39 is 0 Å². The van der Waals surface area contributed by atoms with E-state index in [9.17, 15) is 4.79 Å². The minimum absolute atomic E-state index is 0.122. The molecular formula is C20H19ClN4O. The summed E-state index contributed by atoms with van der Waals surface area (Å²) in [6.45, 7) is 2.38. The van der Waals surface area contributed by atoms with Crippen molar-refractivity contribution < 1.29 is 4.79 Å². The topological polar surface area (TPSA) is 59.0 Å². The van der Waals surface area contributed by atoms with Gasteiger partial charge in [0, 0.05) is 23.3 Å². The number of fused-ring (bicyclic) bond motifs is 1. The maximum absolute atomic E-state index is 12.5. The van der Waals surface area contributed by atoms with Gasteiger partial charge in [-0.25, -0.2) is 0 Å². The molecule has 0 unspecified atom stereocenters. The maximum Gasteiger partial charge on any atom is 0.255 e. The normalized spacial score (nSPS) is 13.3. The quantitative estimate of drug-likeness (QED) is 0.743. The molecule has 2 N–H and O–H groups in total. The summed E-state index contributed by atoms with van der Waals surface area (Å²) >= 11 is 6.19. The number of hydrogen-bond donors (Lipinski definition) is 2. The van der Waals surface area contributed by atoms with Crippen LogP contribution in [0.1, 0.15) is 27.0 Å². The van der Waals surface area contributed by atoms with Crippen molar-refractivity contribution in [3.05, 3.63) is 82.1 Å². The van der Waals surface area contributed by atoms with Crippen LogP contribution in [0.5, 0.6) is 0 Å². The van der Waals surface area contributed by atoms with Crippen LogP contribution in [0.3, 0.4) is 0 Å². The highest BCUT2D eigenvalue weighted by Gasteiger charge is 2.13. The first-order valence-electron chi connectivity index (χ1n) is 8.59. The van der Waals surface area contributed by atoms with Crippen molar-refractivity contribution in [1.29, 1.82) is 0 Å². The van der Waals surface area contributed by atoms with E-state index in [0.29, 0.717) is 22.8 Å². The molecule has 0 saturated carbocycles. The Morgan fingerprint density at radius 2 is 2.12 bits per heavy atom. The third-order valence-electron chi connectivity index (χ3n) is 4.54.